The van der Waals surface area contributed by atoms with Gasteiger partial charge in [0.2, 0.25) is 5.17 Å². The van der Waals surface area contributed by atoms with Crippen LogP contribution in [0.4, 0.5) is 0 Å². The summed E-state index contributed by atoms with van der Waals surface area (Å²) in [6.45, 7) is 9.29. The Bertz CT molecular complexity index is 1300. The summed E-state index contributed by atoms with van der Waals surface area (Å²) < 4.78 is 17.5. The van der Waals surface area contributed by atoms with Crippen LogP contribution in [-0.2, 0) is 4.79 Å². The number of carbonyl (C=O) groups is 1. The standard InChI is InChI=1S/C29H34N4O4S/c1-6-19(4)21-9-7-8-10-23(21)36-13-14-37-24-12-11-20(17-25(24)35-5)16-22-27(30)33-29(31-28(22)34)38-26(32-33)15-18(2)3/h7-12,16-19,30H,6,13-15H2,1-5H3. The average molecular weight is 535 g/mol. The van der Waals surface area contributed by atoms with E-state index in [0.29, 0.717) is 47.3 Å². The van der Waals surface area contributed by atoms with Crippen LogP contribution >= 0.6 is 11.8 Å². The van der Waals surface area contributed by atoms with Crippen LogP contribution in [0.3, 0.4) is 0 Å². The van der Waals surface area contributed by atoms with Gasteiger partial charge in [0.05, 0.1) is 12.7 Å². The number of thioether (sulfide) groups is 1. The zero-order chi connectivity index (χ0) is 27.2. The van der Waals surface area contributed by atoms with Crippen molar-refractivity contribution in [1.82, 2.24) is 5.01 Å². The van der Waals surface area contributed by atoms with Gasteiger partial charge >= 0.3 is 0 Å². The van der Waals surface area contributed by atoms with Crippen molar-refractivity contribution in [2.75, 3.05) is 20.3 Å². The summed E-state index contributed by atoms with van der Waals surface area (Å²) in [5.41, 5.74) is 2.06. The SMILES string of the molecule is CCC(C)c1ccccc1OCCOc1ccc(C=C2C(=N)N3N=C(CC(C)C)SC3=NC2=O)cc1OC. The van der Waals surface area contributed by atoms with Gasteiger partial charge in [-0.1, -0.05) is 52.0 Å². The first-order valence-electron chi connectivity index (χ1n) is 12.8. The summed E-state index contributed by atoms with van der Waals surface area (Å²) in [6, 6.07) is 13.5. The molecule has 0 saturated carbocycles. The molecular weight excluding hydrogens is 500 g/mol. The van der Waals surface area contributed by atoms with Gasteiger partial charge in [-0.15, -0.1) is 0 Å². The van der Waals surface area contributed by atoms with Crippen molar-refractivity contribution in [1.29, 1.82) is 5.41 Å². The number of ether oxygens (including phenoxy) is 3. The molecule has 2 aromatic rings. The van der Waals surface area contributed by atoms with Crippen molar-refractivity contribution in [3.05, 3.63) is 59.2 Å². The van der Waals surface area contributed by atoms with Crippen LogP contribution in [0.15, 0.2) is 58.1 Å². The molecule has 1 unspecified atom stereocenters. The Morgan fingerprint density at radius 2 is 1.79 bits per heavy atom. The second-order valence-electron chi connectivity index (χ2n) is 9.57. The highest BCUT2D eigenvalue weighted by atomic mass is 32.2. The Morgan fingerprint density at radius 1 is 1.05 bits per heavy atom. The molecule has 0 aromatic heterocycles. The third-order valence-corrected chi connectivity index (χ3v) is 7.17. The molecule has 2 heterocycles. The molecule has 2 aliphatic rings. The highest BCUT2D eigenvalue weighted by Gasteiger charge is 2.35. The van der Waals surface area contributed by atoms with Crippen molar-refractivity contribution in [3.63, 3.8) is 0 Å². The fourth-order valence-corrected chi connectivity index (χ4v) is 5.16. The average Bonchev–Trinajstić information content (AvgIpc) is 3.30. The smallest absolute Gasteiger partial charge is 0.283 e. The lowest BCUT2D eigenvalue weighted by atomic mass is 9.98. The molecule has 0 saturated heterocycles. The number of fused-ring (bicyclic) bond motifs is 1. The van der Waals surface area contributed by atoms with E-state index in [4.69, 9.17) is 19.6 Å². The van der Waals surface area contributed by atoms with Gasteiger partial charge in [0.15, 0.2) is 17.3 Å². The first-order valence-corrected chi connectivity index (χ1v) is 13.6. The Balaban J connectivity index is 1.42. The zero-order valence-electron chi connectivity index (χ0n) is 22.5. The predicted octanol–water partition coefficient (Wildman–Crippen LogP) is 6.33. The molecule has 0 aliphatic carbocycles. The normalized spacial score (nSPS) is 16.9. The fourth-order valence-electron chi connectivity index (χ4n) is 4.07. The molecular formula is C29H34N4O4S. The molecule has 2 aromatic carbocycles. The van der Waals surface area contributed by atoms with E-state index in [2.05, 4.69) is 43.9 Å². The molecule has 0 spiro atoms. The van der Waals surface area contributed by atoms with Gasteiger partial charge in [-0.05, 0) is 65.4 Å². The Labute approximate surface area is 228 Å². The summed E-state index contributed by atoms with van der Waals surface area (Å²) in [4.78, 5) is 16.9. The van der Waals surface area contributed by atoms with Crippen molar-refractivity contribution in [2.45, 2.75) is 46.5 Å². The van der Waals surface area contributed by atoms with Crippen molar-refractivity contribution >= 4 is 39.8 Å². The summed E-state index contributed by atoms with van der Waals surface area (Å²) >= 11 is 1.35. The fraction of sp³-hybridized carbons (Fsp3) is 0.379. The first kappa shape index (κ1) is 27.4. The number of amidine groups is 2. The number of aliphatic imine (C=N–C) groups is 1. The lowest BCUT2D eigenvalue weighted by Gasteiger charge is -2.20. The number of rotatable bonds is 11. The van der Waals surface area contributed by atoms with E-state index in [1.165, 1.54) is 22.3 Å². The maximum atomic E-state index is 12.7. The number of benzene rings is 2. The lowest BCUT2D eigenvalue weighted by molar-refractivity contribution is -0.114. The highest BCUT2D eigenvalue weighted by molar-refractivity contribution is 8.26. The Kier molecular flexibility index (Phi) is 8.89. The van der Waals surface area contributed by atoms with Gasteiger partial charge < -0.3 is 14.2 Å². The lowest BCUT2D eigenvalue weighted by Crippen LogP contribution is -2.35. The Morgan fingerprint density at radius 3 is 2.50 bits per heavy atom. The number of methoxy groups -OCH3 is 1. The molecule has 4 rings (SSSR count). The van der Waals surface area contributed by atoms with Gasteiger partial charge in [-0.25, -0.2) is 0 Å². The van der Waals surface area contributed by atoms with Gasteiger partial charge in [0.1, 0.15) is 24.0 Å². The van der Waals surface area contributed by atoms with Crippen molar-refractivity contribution in [2.24, 2.45) is 16.0 Å². The number of hydrazone groups is 1. The molecule has 9 heteroatoms. The van der Waals surface area contributed by atoms with Gasteiger partial charge in [-0.2, -0.15) is 15.1 Å². The van der Waals surface area contributed by atoms with E-state index >= 15 is 0 Å². The van der Waals surface area contributed by atoms with Crippen LogP contribution < -0.4 is 14.2 Å². The quantitative estimate of drug-likeness (QED) is 0.267. The van der Waals surface area contributed by atoms with Crippen molar-refractivity contribution < 1.29 is 19.0 Å². The predicted molar refractivity (Wildman–Crippen MR) is 154 cm³/mol. The summed E-state index contributed by atoms with van der Waals surface area (Å²) in [5.74, 6) is 2.36. The molecule has 2 aliphatic heterocycles. The van der Waals surface area contributed by atoms with E-state index in [1.54, 1.807) is 25.3 Å². The highest BCUT2D eigenvalue weighted by Crippen LogP contribution is 2.33. The summed E-state index contributed by atoms with van der Waals surface area (Å²) in [7, 11) is 1.56. The topological polar surface area (TPSA) is 96.6 Å². The number of amides is 1. The van der Waals surface area contributed by atoms with Gasteiger partial charge in [0.25, 0.3) is 5.91 Å². The number of nitrogens with zero attached hydrogens (tertiary/aromatic N) is 3. The number of para-hydroxylation sites is 1. The molecule has 1 N–H and O–H groups in total. The van der Waals surface area contributed by atoms with E-state index in [-0.39, 0.29) is 11.4 Å². The van der Waals surface area contributed by atoms with Crippen LogP contribution in [0.1, 0.15) is 57.6 Å². The summed E-state index contributed by atoms with van der Waals surface area (Å²) in [5, 5.41) is 15.8. The molecule has 200 valence electrons. The molecule has 8 nitrogen and oxygen atoms in total. The summed E-state index contributed by atoms with van der Waals surface area (Å²) in [6.07, 6.45) is 3.44. The number of hydrogen-bond acceptors (Lipinski definition) is 7. The minimum absolute atomic E-state index is 0.0142. The maximum absolute atomic E-state index is 12.7. The number of nitrogens with one attached hydrogen (secondary N) is 1. The number of hydrogen-bond donors (Lipinski definition) is 1. The van der Waals surface area contributed by atoms with Crippen molar-refractivity contribution in [3.8, 4) is 17.2 Å². The Hall–Kier alpha value is -3.59. The van der Waals surface area contributed by atoms with Crippen LogP contribution in [-0.4, -0.2) is 47.3 Å². The third-order valence-electron chi connectivity index (χ3n) is 6.24. The maximum Gasteiger partial charge on any atom is 0.283 e. The van der Waals surface area contributed by atoms with Crippen LogP contribution in [0.5, 0.6) is 17.2 Å². The van der Waals surface area contributed by atoms with Crippen LogP contribution in [0, 0.1) is 11.3 Å². The van der Waals surface area contributed by atoms with Gasteiger partial charge in [0, 0.05) is 6.42 Å². The minimum atomic E-state index is -0.455. The molecule has 1 amide bonds. The second kappa shape index (κ2) is 12.3. The van der Waals surface area contributed by atoms with E-state index in [0.717, 1.165) is 23.6 Å². The largest absolute Gasteiger partial charge is 0.493 e. The minimum Gasteiger partial charge on any atom is -0.493 e. The van der Waals surface area contributed by atoms with Crippen LogP contribution in [0.2, 0.25) is 0 Å². The van der Waals surface area contributed by atoms with E-state index in [9.17, 15) is 4.79 Å². The van der Waals surface area contributed by atoms with E-state index < -0.39 is 5.91 Å². The molecule has 0 fully saturated rings. The second-order valence-corrected chi connectivity index (χ2v) is 10.6. The molecule has 38 heavy (non-hydrogen) atoms. The van der Waals surface area contributed by atoms with E-state index in [1.807, 2.05) is 24.3 Å². The molecule has 0 radical (unpaired) electrons. The van der Waals surface area contributed by atoms with Gasteiger partial charge in [-0.3, -0.25) is 10.2 Å². The first-order chi connectivity index (χ1) is 18.3. The third kappa shape index (κ3) is 6.27. The molecule has 1 atom stereocenters. The zero-order valence-corrected chi connectivity index (χ0v) is 23.3. The number of carbonyl (C=O) groups excluding carboxylic acids is 1. The monoisotopic (exact) mass is 534 g/mol. The van der Waals surface area contributed by atoms with Crippen LogP contribution in [0.25, 0.3) is 6.08 Å². The molecule has 0 bridgehead atoms.